The first-order valence-electron chi connectivity index (χ1n) is 5.36. The second kappa shape index (κ2) is 5.73. The van der Waals surface area contributed by atoms with Crippen molar-refractivity contribution < 1.29 is 14.7 Å². The fraction of sp³-hybridized carbons (Fsp3) is 0.818. The summed E-state index contributed by atoms with van der Waals surface area (Å²) in [6.07, 6.45) is 1.55. The van der Waals surface area contributed by atoms with Crippen LogP contribution in [0, 0.1) is 5.92 Å². The molecule has 1 atom stereocenters. The lowest BCUT2D eigenvalue weighted by molar-refractivity contribution is -0.147. The number of carbonyl (C=O) groups excluding carboxylic acids is 1. The van der Waals surface area contributed by atoms with Crippen molar-refractivity contribution in [3.8, 4) is 0 Å². The first kappa shape index (κ1) is 13.9. The fourth-order valence-electron chi connectivity index (χ4n) is 1.45. The van der Waals surface area contributed by atoms with Gasteiger partial charge in [0.1, 0.15) is 5.54 Å². The van der Waals surface area contributed by atoms with Gasteiger partial charge in [-0.3, -0.25) is 4.79 Å². The number of hydrogen-bond donors (Lipinski definition) is 2. The number of carboxylic acid groups (broad SMARTS) is 1. The van der Waals surface area contributed by atoms with Gasteiger partial charge in [-0.15, -0.1) is 0 Å². The van der Waals surface area contributed by atoms with E-state index in [9.17, 15) is 9.59 Å². The maximum Gasteiger partial charge on any atom is 0.329 e. The lowest BCUT2D eigenvalue weighted by Crippen LogP contribution is -2.52. The van der Waals surface area contributed by atoms with Crippen molar-refractivity contribution in [3.05, 3.63) is 0 Å². The van der Waals surface area contributed by atoms with E-state index in [4.69, 9.17) is 5.11 Å². The van der Waals surface area contributed by atoms with Crippen molar-refractivity contribution in [1.82, 2.24) is 5.32 Å². The van der Waals surface area contributed by atoms with Gasteiger partial charge in [-0.05, 0) is 19.3 Å². The van der Waals surface area contributed by atoms with E-state index in [2.05, 4.69) is 5.32 Å². The Bertz CT molecular complexity index is 238. The Labute approximate surface area is 91.1 Å². The summed E-state index contributed by atoms with van der Waals surface area (Å²) in [6.45, 7) is 7.31. The Morgan fingerprint density at radius 1 is 1.40 bits per heavy atom. The van der Waals surface area contributed by atoms with Crippen molar-refractivity contribution in [2.24, 2.45) is 5.92 Å². The highest BCUT2D eigenvalue weighted by molar-refractivity contribution is 5.86. The molecule has 0 fully saturated rings. The van der Waals surface area contributed by atoms with Crippen LogP contribution < -0.4 is 5.32 Å². The normalized spacial score (nSPS) is 14.7. The van der Waals surface area contributed by atoms with Gasteiger partial charge in [0, 0.05) is 6.42 Å². The third-order valence-corrected chi connectivity index (χ3v) is 2.23. The molecule has 0 aliphatic rings. The Hall–Kier alpha value is -1.06. The van der Waals surface area contributed by atoms with Crippen LogP contribution >= 0.6 is 0 Å². The first-order chi connectivity index (χ1) is 6.81. The van der Waals surface area contributed by atoms with Crippen LogP contribution in [-0.4, -0.2) is 22.5 Å². The van der Waals surface area contributed by atoms with E-state index in [1.54, 1.807) is 6.92 Å². The van der Waals surface area contributed by atoms with Crippen LogP contribution in [0.15, 0.2) is 0 Å². The van der Waals surface area contributed by atoms with E-state index >= 15 is 0 Å². The maximum atomic E-state index is 11.5. The number of carbonyl (C=O) groups is 2. The predicted molar refractivity (Wildman–Crippen MR) is 58.5 cm³/mol. The number of rotatable bonds is 6. The smallest absolute Gasteiger partial charge is 0.329 e. The summed E-state index contributed by atoms with van der Waals surface area (Å²) in [5, 5.41) is 11.6. The molecule has 0 saturated carbocycles. The van der Waals surface area contributed by atoms with Gasteiger partial charge >= 0.3 is 5.97 Å². The number of amides is 1. The molecule has 0 aliphatic carbocycles. The minimum Gasteiger partial charge on any atom is -0.480 e. The zero-order valence-electron chi connectivity index (χ0n) is 9.96. The first-order valence-corrected chi connectivity index (χ1v) is 5.36. The molecule has 0 spiro atoms. The molecule has 1 amide bonds. The second-order valence-electron chi connectivity index (χ2n) is 4.53. The van der Waals surface area contributed by atoms with Gasteiger partial charge < -0.3 is 10.4 Å². The van der Waals surface area contributed by atoms with Crippen molar-refractivity contribution in [1.29, 1.82) is 0 Å². The van der Waals surface area contributed by atoms with Gasteiger partial charge in [0.15, 0.2) is 0 Å². The molecular weight excluding hydrogens is 194 g/mol. The molecular formula is C11H21NO3. The number of carboxylic acids is 1. The highest BCUT2D eigenvalue weighted by atomic mass is 16.4. The highest BCUT2D eigenvalue weighted by Crippen LogP contribution is 2.13. The summed E-state index contributed by atoms with van der Waals surface area (Å²) >= 11 is 0. The molecule has 0 aromatic carbocycles. The largest absolute Gasteiger partial charge is 0.480 e. The molecule has 0 aliphatic heterocycles. The molecule has 0 saturated heterocycles. The van der Waals surface area contributed by atoms with Crippen LogP contribution in [0.1, 0.15) is 47.0 Å². The molecule has 4 heteroatoms. The van der Waals surface area contributed by atoms with E-state index in [1.165, 1.54) is 0 Å². The molecule has 4 nitrogen and oxygen atoms in total. The minimum absolute atomic E-state index is 0.191. The molecule has 88 valence electrons. The Morgan fingerprint density at radius 2 is 1.93 bits per heavy atom. The fourth-order valence-corrected chi connectivity index (χ4v) is 1.45. The van der Waals surface area contributed by atoms with Crippen LogP contribution in [0.3, 0.4) is 0 Å². The average molecular weight is 215 g/mol. The van der Waals surface area contributed by atoms with Crippen LogP contribution in [-0.2, 0) is 9.59 Å². The predicted octanol–water partition coefficient (Wildman–Crippen LogP) is 1.79. The lowest BCUT2D eigenvalue weighted by Gasteiger charge is -2.26. The minimum atomic E-state index is -1.12. The van der Waals surface area contributed by atoms with Gasteiger partial charge in [-0.25, -0.2) is 4.79 Å². The summed E-state index contributed by atoms with van der Waals surface area (Å²) in [6, 6.07) is 0. The molecule has 0 heterocycles. The molecule has 0 bridgehead atoms. The van der Waals surface area contributed by atoms with E-state index in [-0.39, 0.29) is 11.8 Å². The van der Waals surface area contributed by atoms with Gasteiger partial charge in [-0.1, -0.05) is 27.2 Å². The summed E-state index contributed by atoms with van der Waals surface area (Å²) in [5.41, 5.74) is -1.12. The zero-order valence-corrected chi connectivity index (χ0v) is 9.96. The van der Waals surface area contributed by atoms with E-state index in [1.807, 2.05) is 20.8 Å². The van der Waals surface area contributed by atoms with Crippen molar-refractivity contribution in [2.45, 2.75) is 52.5 Å². The van der Waals surface area contributed by atoms with Crippen LogP contribution in [0.5, 0.6) is 0 Å². The maximum absolute atomic E-state index is 11.5. The molecule has 15 heavy (non-hydrogen) atoms. The summed E-state index contributed by atoms with van der Waals surface area (Å²) < 4.78 is 0. The zero-order chi connectivity index (χ0) is 12.1. The monoisotopic (exact) mass is 215 g/mol. The Kier molecular flexibility index (Phi) is 5.33. The van der Waals surface area contributed by atoms with Gasteiger partial charge in [0.2, 0.25) is 5.91 Å². The quantitative estimate of drug-likeness (QED) is 0.710. The number of hydrogen-bond acceptors (Lipinski definition) is 2. The lowest BCUT2D eigenvalue weighted by atomic mass is 9.95. The van der Waals surface area contributed by atoms with Gasteiger partial charge in [0.05, 0.1) is 0 Å². The van der Waals surface area contributed by atoms with Crippen molar-refractivity contribution in [2.75, 3.05) is 0 Å². The van der Waals surface area contributed by atoms with Crippen LogP contribution in [0.2, 0.25) is 0 Å². The van der Waals surface area contributed by atoms with Crippen molar-refractivity contribution in [3.63, 3.8) is 0 Å². The Balaban J connectivity index is 4.41. The van der Waals surface area contributed by atoms with Gasteiger partial charge in [0.25, 0.3) is 0 Å². The molecule has 1 unspecified atom stereocenters. The summed E-state index contributed by atoms with van der Waals surface area (Å²) in [4.78, 5) is 22.5. The van der Waals surface area contributed by atoms with Crippen molar-refractivity contribution >= 4 is 11.9 Å². The van der Waals surface area contributed by atoms with E-state index in [0.29, 0.717) is 12.8 Å². The van der Waals surface area contributed by atoms with Gasteiger partial charge in [-0.2, -0.15) is 0 Å². The van der Waals surface area contributed by atoms with E-state index < -0.39 is 11.5 Å². The second-order valence-corrected chi connectivity index (χ2v) is 4.53. The van der Waals surface area contributed by atoms with Crippen LogP contribution in [0.4, 0.5) is 0 Å². The molecule has 0 radical (unpaired) electrons. The molecule has 2 N–H and O–H groups in total. The molecule has 0 aromatic rings. The third-order valence-electron chi connectivity index (χ3n) is 2.23. The number of nitrogens with one attached hydrogen (secondary N) is 1. The molecule has 0 aromatic heterocycles. The SMILES string of the molecule is CCCC(C)(NC(=O)CC(C)C)C(=O)O. The number of aliphatic carboxylic acids is 1. The van der Waals surface area contributed by atoms with E-state index in [0.717, 1.165) is 6.42 Å². The topological polar surface area (TPSA) is 66.4 Å². The van der Waals surface area contributed by atoms with Crippen LogP contribution in [0.25, 0.3) is 0 Å². The Morgan fingerprint density at radius 3 is 2.27 bits per heavy atom. The average Bonchev–Trinajstić information content (AvgIpc) is 2.01. The standard InChI is InChI=1S/C11H21NO3/c1-5-6-11(4,10(14)15)12-9(13)7-8(2)3/h8H,5-7H2,1-4H3,(H,12,13)(H,14,15). The summed E-state index contributed by atoms with van der Waals surface area (Å²) in [5.74, 6) is -0.922. The third kappa shape index (κ3) is 4.81. The summed E-state index contributed by atoms with van der Waals surface area (Å²) in [7, 11) is 0. The highest BCUT2D eigenvalue weighted by Gasteiger charge is 2.33. The molecule has 0 rings (SSSR count).